The molecule has 1 saturated heterocycles. The zero-order chi connectivity index (χ0) is 14.0. The highest BCUT2D eigenvalue weighted by Crippen LogP contribution is 2.36. The Kier molecular flexibility index (Phi) is 4.16. The van der Waals surface area contributed by atoms with Gasteiger partial charge >= 0.3 is 0 Å². The van der Waals surface area contributed by atoms with E-state index in [-0.39, 0.29) is 11.3 Å². The minimum atomic E-state index is -0.311. The maximum Gasteiger partial charge on any atom is 0.232 e. The lowest BCUT2D eigenvalue weighted by Gasteiger charge is -2.31. The van der Waals surface area contributed by atoms with E-state index in [0.29, 0.717) is 10.9 Å². The predicted molar refractivity (Wildman–Crippen MR) is 79.6 cm³/mol. The van der Waals surface area contributed by atoms with Crippen LogP contribution in [0.25, 0.3) is 0 Å². The minimum Gasteiger partial charge on any atom is -0.325 e. The molecule has 104 valence electrons. The molecule has 1 aliphatic heterocycles. The Hall–Kier alpha value is -1.06. The second kappa shape index (κ2) is 5.51. The van der Waals surface area contributed by atoms with Crippen molar-refractivity contribution in [1.82, 2.24) is 5.32 Å². The number of anilines is 1. The van der Waals surface area contributed by atoms with E-state index in [9.17, 15) is 4.79 Å². The number of amides is 1. The van der Waals surface area contributed by atoms with Gasteiger partial charge in [-0.3, -0.25) is 4.79 Å². The van der Waals surface area contributed by atoms with E-state index in [4.69, 9.17) is 11.6 Å². The highest BCUT2D eigenvalue weighted by atomic mass is 35.5. The average molecular weight is 281 g/mol. The van der Waals surface area contributed by atoms with Gasteiger partial charge in [0.15, 0.2) is 0 Å². The summed E-state index contributed by atoms with van der Waals surface area (Å²) in [5.74, 6) is 0.403. The van der Waals surface area contributed by atoms with Gasteiger partial charge in [-0.2, -0.15) is 0 Å². The number of carbonyl (C=O) groups excluding carboxylic acids is 1. The molecule has 19 heavy (non-hydrogen) atoms. The van der Waals surface area contributed by atoms with Gasteiger partial charge in [-0.25, -0.2) is 0 Å². The van der Waals surface area contributed by atoms with Crippen molar-refractivity contribution in [2.75, 3.05) is 18.4 Å². The molecule has 1 atom stereocenters. The first-order valence-corrected chi connectivity index (χ1v) is 7.12. The molecule has 1 aromatic carbocycles. The summed E-state index contributed by atoms with van der Waals surface area (Å²) in [5, 5.41) is 7.03. The summed E-state index contributed by atoms with van der Waals surface area (Å²) in [7, 11) is 0. The van der Waals surface area contributed by atoms with Crippen LogP contribution in [-0.2, 0) is 4.79 Å². The Labute approximate surface area is 119 Å². The molecule has 0 aliphatic carbocycles. The Morgan fingerprint density at radius 3 is 2.79 bits per heavy atom. The number of rotatable bonds is 3. The van der Waals surface area contributed by atoms with Gasteiger partial charge < -0.3 is 10.6 Å². The van der Waals surface area contributed by atoms with E-state index >= 15 is 0 Å². The summed E-state index contributed by atoms with van der Waals surface area (Å²) in [6.45, 7) is 7.79. The first-order valence-electron chi connectivity index (χ1n) is 6.74. The van der Waals surface area contributed by atoms with Crippen LogP contribution in [0.3, 0.4) is 0 Å². The lowest BCUT2D eigenvalue weighted by atomic mass is 9.75. The van der Waals surface area contributed by atoms with E-state index in [0.717, 1.165) is 30.8 Å². The largest absolute Gasteiger partial charge is 0.325 e. The second-order valence-corrected chi connectivity index (χ2v) is 6.01. The first kappa shape index (κ1) is 14.4. The molecule has 4 heteroatoms. The van der Waals surface area contributed by atoms with Crippen LogP contribution in [0.2, 0.25) is 5.02 Å². The molecule has 1 aliphatic rings. The molecule has 1 aromatic rings. The summed E-state index contributed by atoms with van der Waals surface area (Å²) >= 11 is 6.09. The van der Waals surface area contributed by atoms with Gasteiger partial charge in [0.1, 0.15) is 0 Å². The van der Waals surface area contributed by atoms with Gasteiger partial charge in [0.05, 0.1) is 5.41 Å². The molecule has 1 fully saturated rings. The summed E-state index contributed by atoms with van der Waals surface area (Å²) < 4.78 is 0. The number of carbonyl (C=O) groups is 1. The third-order valence-corrected chi connectivity index (χ3v) is 4.67. The Balaban J connectivity index is 2.23. The van der Waals surface area contributed by atoms with Gasteiger partial charge in [-0.05, 0) is 43.5 Å². The van der Waals surface area contributed by atoms with Crippen molar-refractivity contribution in [3.05, 3.63) is 28.8 Å². The molecule has 0 bridgehead atoms. The quantitative estimate of drug-likeness (QED) is 0.893. The standard InChI is InChI=1S/C15H21ClN2O/c1-10(2)15(7-8-17-9-15)14(19)18-13-6-4-5-12(16)11(13)3/h4-6,10,17H,7-9H2,1-3H3,(H,18,19). The van der Waals surface area contributed by atoms with Crippen molar-refractivity contribution in [3.8, 4) is 0 Å². The Bertz CT molecular complexity index is 479. The fourth-order valence-electron chi connectivity index (χ4n) is 2.65. The topological polar surface area (TPSA) is 41.1 Å². The van der Waals surface area contributed by atoms with E-state index in [1.54, 1.807) is 0 Å². The van der Waals surface area contributed by atoms with Gasteiger partial charge in [0, 0.05) is 17.3 Å². The van der Waals surface area contributed by atoms with Crippen LogP contribution in [0.5, 0.6) is 0 Å². The van der Waals surface area contributed by atoms with Crippen LogP contribution in [0.15, 0.2) is 18.2 Å². The number of hydrogen-bond acceptors (Lipinski definition) is 2. The minimum absolute atomic E-state index is 0.0952. The molecule has 0 spiro atoms. The number of halogens is 1. The molecule has 3 nitrogen and oxygen atoms in total. The van der Waals surface area contributed by atoms with Crippen LogP contribution in [0.1, 0.15) is 25.8 Å². The van der Waals surface area contributed by atoms with Crippen molar-refractivity contribution < 1.29 is 4.79 Å². The zero-order valence-corrected chi connectivity index (χ0v) is 12.5. The van der Waals surface area contributed by atoms with E-state index < -0.39 is 0 Å². The molecule has 2 rings (SSSR count). The van der Waals surface area contributed by atoms with E-state index in [1.165, 1.54) is 0 Å². The SMILES string of the molecule is Cc1c(Cl)cccc1NC(=O)C1(C(C)C)CCNC1. The summed E-state index contributed by atoms with van der Waals surface area (Å²) in [4.78, 5) is 12.6. The molecule has 0 radical (unpaired) electrons. The Morgan fingerprint density at radius 2 is 2.21 bits per heavy atom. The Morgan fingerprint density at radius 1 is 1.47 bits per heavy atom. The van der Waals surface area contributed by atoms with Gasteiger partial charge in [0.2, 0.25) is 5.91 Å². The van der Waals surface area contributed by atoms with Gasteiger partial charge in [-0.15, -0.1) is 0 Å². The summed E-state index contributed by atoms with van der Waals surface area (Å²) in [5.41, 5.74) is 1.42. The molecule has 0 saturated carbocycles. The van der Waals surface area contributed by atoms with Gasteiger partial charge in [0.25, 0.3) is 0 Å². The molecular formula is C15H21ClN2O. The zero-order valence-electron chi connectivity index (χ0n) is 11.7. The molecule has 1 heterocycles. The molecule has 1 amide bonds. The summed E-state index contributed by atoms with van der Waals surface area (Å²) in [6, 6.07) is 5.59. The van der Waals surface area contributed by atoms with Crippen molar-refractivity contribution in [2.45, 2.75) is 27.2 Å². The lowest BCUT2D eigenvalue weighted by molar-refractivity contribution is -0.126. The monoisotopic (exact) mass is 280 g/mol. The second-order valence-electron chi connectivity index (χ2n) is 5.60. The van der Waals surface area contributed by atoms with Crippen LogP contribution >= 0.6 is 11.6 Å². The lowest BCUT2D eigenvalue weighted by Crippen LogP contribution is -2.42. The summed E-state index contributed by atoms with van der Waals surface area (Å²) in [6.07, 6.45) is 0.885. The first-order chi connectivity index (χ1) is 8.97. The van der Waals surface area contributed by atoms with E-state index in [2.05, 4.69) is 24.5 Å². The van der Waals surface area contributed by atoms with Crippen LogP contribution < -0.4 is 10.6 Å². The number of benzene rings is 1. The van der Waals surface area contributed by atoms with E-state index in [1.807, 2.05) is 25.1 Å². The molecular weight excluding hydrogens is 260 g/mol. The molecule has 0 aromatic heterocycles. The normalized spacial score (nSPS) is 22.8. The smallest absolute Gasteiger partial charge is 0.232 e. The highest BCUT2D eigenvalue weighted by Gasteiger charge is 2.43. The fourth-order valence-corrected chi connectivity index (χ4v) is 2.82. The number of nitrogens with one attached hydrogen (secondary N) is 2. The van der Waals surface area contributed by atoms with Crippen molar-refractivity contribution in [3.63, 3.8) is 0 Å². The maximum absolute atomic E-state index is 12.6. The third kappa shape index (κ3) is 2.63. The van der Waals surface area contributed by atoms with Crippen molar-refractivity contribution in [1.29, 1.82) is 0 Å². The van der Waals surface area contributed by atoms with Gasteiger partial charge in [-0.1, -0.05) is 31.5 Å². The fraction of sp³-hybridized carbons (Fsp3) is 0.533. The van der Waals surface area contributed by atoms with Crippen LogP contribution in [-0.4, -0.2) is 19.0 Å². The third-order valence-electron chi connectivity index (χ3n) is 4.26. The van der Waals surface area contributed by atoms with Crippen LogP contribution in [0, 0.1) is 18.3 Å². The van der Waals surface area contributed by atoms with Crippen LogP contribution in [0.4, 0.5) is 5.69 Å². The van der Waals surface area contributed by atoms with Crippen molar-refractivity contribution in [2.24, 2.45) is 11.3 Å². The van der Waals surface area contributed by atoms with Crippen molar-refractivity contribution >= 4 is 23.2 Å². The maximum atomic E-state index is 12.6. The molecule has 2 N–H and O–H groups in total. The number of hydrogen-bond donors (Lipinski definition) is 2. The molecule has 1 unspecified atom stereocenters. The predicted octanol–water partition coefficient (Wildman–Crippen LogP) is 3.22. The average Bonchev–Trinajstić information content (AvgIpc) is 2.85. The highest BCUT2D eigenvalue weighted by molar-refractivity contribution is 6.31.